The molecule has 2 aliphatic rings. The van der Waals surface area contributed by atoms with Gasteiger partial charge in [0.1, 0.15) is 0 Å². The van der Waals surface area contributed by atoms with Crippen LogP contribution in [0.25, 0.3) is 0 Å². The highest BCUT2D eigenvalue weighted by atomic mass is 28.4. The molecule has 0 radical (unpaired) electrons. The minimum Gasteiger partial charge on any atom is -0.417 e. The quantitative estimate of drug-likeness (QED) is 0.578. The summed E-state index contributed by atoms with van der Waals surface area (Å²) in [5.74, 6) is 0. The second kappa shape index (κ2) is 7.60. The van der Waals surface area contributed by atoms with E-state index in [9.17, 15) is 0 Å². The van der Waals surface area contributed by atoms with E-state index in [1.165, 1.54) is 57.8 Å². The lowest BCUT2D eigenvalue weighted by atomic mass is 9.97. The molecule has 0 spiro atoms. The zero-order valence-electron chi connectivity index (χ0n) is 13.7. The van der Waals surface area contributed by atoms with Crippen molar-refractivity contribution in [2.45, 2.75) is 83.3 Å². The molecule has 1 atom stereocenters. The van der Waals surface area contributed by atoms with Crippen molar-refractivity contribution in [3.05, 3.63) is 23.3 Å². The molecule has 2 rings (SSSR count). The van der Waals surface area contributed by atoms with E-state index in [-0.39, 0.29) is 0 Å². The molecule has 1 nitrogen and oxygen atoms in total. The van der Waals surface area contributed by atoms with Crippen LogP contribution in [0, 0.1) is 0 Å². The lowest BCUT2D eigenvalue weighted by molar-refractivity contribution is 0.315. The molecule has 0 aromatic rings. The molecule has 0 aliphatic heterocycles. The summed E-state index contributed by atoms with van der Waals surface area (Å²) in [7, 11) is -1.48. The van der Waals surface area contributed by atoms with Crippen molar-refractivity contribution >= 4 is 8.32 Å². The fourth-order valence-electron chi connectivity index (χ4n) is 3.82. The Morgan fingerprint density at radius 2 is 1.75 bits per heavy atom. The third-order valence-corrected chi connectivity index (χ3v) is 8.70. The molecule has 0 saturated heterocycles. The molecular weight excluding hydrogens is 260 g/mol. The third-order valence-electron chi connectivity index (χ3n) is 5.12. The molecule has 2 heteroatoms. The number of hydrogen-bond donors (Lipinski definition) is 0. The van der Waals surface area contributed by atoms with E-state index in [0.717, 1.165) is 12.1 Å². The van der Waals surface area contributed by atoms with Crippen LogP contribution in [-0.2, 0) is 4.43 Å². The zero-order valence-corrected chi connectivity index (χ0v) is 14.7. The van der Waals surface area contributed by atoms with Gasteiger partial charge in [-0.05, 0) is 88.1 Å². The Balaban J connectivity index is 1.97. The van der Waals surface area contributed by atoms with E-state index < -0.39 is 8.32 Å². The van der Waals surface area contributed by atoms with Crippen LogP contribution in [0.2, 0.25) is 18.6 Å². The molecule has 2 aliphatic carbocycles. The fraction of sp³-hybridized carbons (Fsp3) is 0.778. The maximum atomic E-state index is 6.13. The van der Waals surface area contributed by atoms with Gasteiger partial charge in [0.15, 0.2) is 8.32 Å². The molecule has 114 valence electrons. The Morgan fingerprint density at radius 1 is 1.00 bits per heavy atom. The lowest BCUT2D eigenvalue weighted by Gasteiger charge is -2.31. The highest BCUT2D eigenvalue weighted by Crippen LogP contribution is 2.38. The Kier molecular flexibility index (Phi) is 6.10. The van der Waals surface area contributed by atoms with Crippen molar-refractivity contribution in [2.75, 3.05) is 6.61 Å². The minimum atomic E-state index is -1.48. The van der Waals surface area contributed by atoms with Crippen molar-refractivity contribution in [3.8, 4) is 0 Å². The Bertz CT molecular complexity index is 368. The van der Waals surface area contributed by atoms with Crippen LogP contribution < -0.4 is 0 Å². The van der Waals surface area contributed by atoms with E-state index in [1.807, 2.05) is 0 Å². The molecule has 0 bridgehead atoms. The third kappa shape index (κ3) is 4.32. The van der Waals surface area contributed by atoms with Crippen LogP contribution in [-0.4, -0.2) is 14.9 Å². The van der Waals surface area contributed by atoms with Gasteiger partial charge in [-0.15, -0.1) is 0 Å². The summed E-state index contributed by atoms with van der Waals surface area (Å²) in [6.07, 6.45) is 17.2. The van der Waals surface area contributed by atoms with Crippen LogP contribution in [0.1, 0.15) is 64.7 Å². The van der Waals surface area contributed by atoms with E-state index in [0.29, 0.717) is 0 Å². The topological polar surface area (TPSA) is 9.23 Å². The summed E-state index contributed by atoms with van der Waals surface area (Å²) in [4.78, 5) is 0. The van der Waals surface area contributed by atoms with Crippen LogP contribution in [0.5, 0.6) is 0 Å². The summed E-state index contributed by atoms with van der Waals surface area (Å²) in [6.45, 7) is 7.86. The number of allylic oxidation sites excluding steroid dienone is 4. The van der Waals surface area contributed by atoms with Crippen LogP contribution in [0.3, 0.4) is 0 Å². The van der Waals surface area contributed by atoms with Crippen molar-refractivity contribution in [1.29, 1.82) is 0 Å². The highest BCUT2D eigenvalue weighted by molar-refractivity contribution is 6.72. The Labute approximate surface area is 126 Å². The van der Waals surface area contributed by atoms with Gasteiger partial charge in [0.25, 0.3) is 0 Å². The zero-order chi connectivity index (χ0) is 14.4. The number of rotatable bonds is 4. The van der Waals surface area contributed by atoms with Crippen LogP contribution in [0.4, 0.5) is 0 Å². The van der Waals surface area contributed by atoms with E-state index >= 15 is 0 Å². The molecule has 0 aromatic carbocycles. The molecule has 0 N–H and O–H groups in total. The minimum absolute atomic E-state index is 0.836. The predicted molar refractivity (Wildman–Crippen MR) is 90.6 cm³/mol. The van der Waals surface area contributed by atoms with E-state index in [2.05, 4.69) is 32.2 Å². The van der Waals surface area contributed by atoms with Crippen LogP contribution >= 0.6 is 0 Å². The predicted octanol–water partition coefficient (Wildman–Crippen LogP) is 5.99. The Morgan fingerprint density at radius 3 is 2.55 bits per heavy atom. The summed E-state index contributed by atoms with van der Waals surface area (Å²) < 4.78 is 6.13. The monoisotopic (exact) mass is 292 g/mol. The van der Waals surface area contributed by atoms with Crippen LogP contribution in [0.15, 0.2) is 23.3 Å². The molecule has 0 fully saturated rings. The first-order valence-electron chi connectivity index (χ1n) is 8.66. The van der Waals surface area contributed by atoms with Gasteiger partial charge in [0.2, 0.25) is 0 Å². The maximum Gasteiger partial charge on any atom is 0.189 e. The SMILES string of the molecule is CCO[Si](C)(C)C1CCC=C(C2=CCCCCC2)CC1. The van der Waals surface area contributed by atoms with Gasteiger partial charge in [0, 0.05) is 6.61 Å². The Hall–Kier alpha value is -0.343. The normalized spacial score (nSPS) is 25.4. The smallest absolute Gasteiger partial charge is 0.189 e. The average molecular weight is 293 g/mol. The average Bonchev–Trinajstić information content (AvgIpc) is 2.81. The summed E-state index contributed by atoms with van der Waals surface area (Å²) in [5.41, 5.74) is 4.19. The van der Waals surface area contributed by atoms with Gasteiger partial charge in [-0.1, -0.05) is 18.6 Å². The second-order valence-electron chi connectivity index (χ2n) is 6.91. The maximum absolute atomic E-state index is 6.13. The summed E-state index contributed by atoms with van der Waals surface area (Å²) in [6, 6.07) is 0. The molecule has 1 unspecified atom stereocenters. The van der Waals surface area contributed by atoms with E-state index in [4.69, 9.17) is 4.43 Å². The van der Waals surface area contributed by atoms with Gasteiger partial charge in [-0.25, -0.2) is 0 Å². The standard InChI is InChI=1S/C18H32OSi/c1-4-19-20(2,3)18-13-9-12-17(14-15-18)16-10-7-5-6-8-11-16/h10,12,18H,4-9,11,13-15H2,1-3H3. The fourth-order valence-corrected chi connectivity index (χ4v) is 6.50. The van der Waals surface area contributed by atoms with Crippen molar-refractivity contribution < 1.29 is 4.43 Å². The van der Waals surface area contributed by atoms with Gasteiger partial charge in [-0.3, -0.25) is 0 Å². The van der Waals surface area contributed by atoms with Crippen molar-refractivity contribution in [2.24, 2.45) is 0 Å². The molecule has 20 heavy (non-hydrogen) atoms. The van der Waals surface area contributed by atoms with Gasteiger partial charge < -0.3 is 4.43 Å². The van der Waals surface area contributed by atoms with Crippen molar-refractivity contribution in [1.82, 2.24) is 0 Å². The summed E-state index contributed by atoms with van der Waals surface area (Å²) >= 11 is 0. The molecule has 0 aromatic heterocycles. The molecule has 0 amide bonds. The highest BCUT2D eigenvalue weighted by Gasteiger charge is 2.33. The first-order chi connectivity index (χ1) is 9.63. The van der Waals surface area contributed by atoms with E-state index in [1.54, 1.807) is 11.1 Å². The lowest BCUT2D eigenvalue weighted by Crippen LogP contribution is -2.36. The van der Waals surface area contributed by atoms with Gasteiger partial charge >= 0.3 is 0 Å². The first kappa shape index (κ1) is 16.0. The largest absolute Gasteiger partial charge is 0.417 e. The molecular formula is C18H32OSi. The van der Waals surface area contributed by atoms with Gasteiger partial charge in [0.05, 0.1) is 0 Å². The molecule has 0 heterocycles. The summed E-state index contributed by atoms with van der Waals surface area (Å²) in [5, 5.41) is 0. The second-order valence-corrected chi connectivity index (χ2v) is 11.2. The first-order valence-corrected chi connectivity index (χ1v) is 11.6. The number of hydrogen-bond acceptors (Lipinski definition) is 1. The van der Waals surface area contributed by atoms with Crippen molar-refractivity contribution in [3.63, 3.8) is 0 Å². The van der Waals surface area contributed by atoms with Gasteiger partial charge in [-0.2, -0.15) is 0 Å². The molecule has 0 saturated carbocycles.